The molecule has 31 heavy (non-hydrogen) atoms. The van der Waals surface area contributed by atoms with E-state index >= 15 is 0 Å². The lowest BCUT2D eigenvalue weighted by atomic mass is 9.96. The standard InChI is InChI=1S/C20H21F4N5O2/c1-19(30,20(22,23)24)11-10-29-15(9-26-18(29)6-16(11)31-2)13-4-3-5-17(27-13)28-14-8-25-7-12(14)21/h3-6,9-10,12,14,25,30H,7-8H2,1-2H3,(H,27,28)/t12-,14-,19?/m0/s1. The molecule has 3 aromatic heterocycles. The molecule has 1 unspecified atom stereocenters. The maximum absolute atomic E-state index is 13.9. The number of hydrogen-bond donors (Lipinski definition) is 3. The van der Waals surface area contributed by atoms with E-state index in [9.17, 15) is 22.7 Å². The Morgan fingerprint density at radius 3 is 2.71 bits per heavy atom. The van der Waals surface area contributed by atoms with Crippen molar-refractivity contribution in [2.24, 2.45) is 0 Å². The molecule has 0 aliphatic carbocycles. The lowest BCUT2D eigenvalue weighted by Gasteiger charge is -2.28. The summed E-state index contributed by atoms with van der Waals surface area (Å²) in [7, 11) is 1.22. The van der Waals surface area contributed by atoms with Crippen LogP contribution in [-0.2, 0) is 5.60 Å². The molecular formula is C20H21F4N5O2. The summed E-state index contributed by atoms with van der Waals surface area (Å²) < 4.78 is 60.8. The Labute approximate surface area is 175 Å². The molecular weight excluding hydrogens is 418 g/mol. The summed E-state index contributed by atoms with van der Waals surface area (Å²) in [5, 5.41) is 16.2. The number of anilines is 1. The zero-order valence-corrected chi connectivity index (χ0v) is 16.7. The summed E-state index contributed by atoms with van der Waals surface area (Å²) in [6, 6.07) is 5.94. The van der Waals surface area contributed by atoms with Gasteiger partial charge < -0.3 is 20.5 Å². The van der Waals surface area contributed by atoms with Crippen molar-refractivity contribution in [2.45, 2.75) is 30.9 Å². The minimum Gasteiger partial charge on any atom is -0.496 e. The average molecular weight is 439 g/mol. The van der Waals surface area contributed by atoms with Crippen LogP contribution in [0.3, 0.4) is 0 Å². The summed E-state index contributed by atoms with van der Waals surface area (Å²) in [5.74, 6) is 0.290. The van der Waals surface area contributed by atoms with Crippen LogP contribution in [0.1, 0.15) is 12.5 Å². The lowest BCUT2D eigenvalue weighted by Crippen LogP contribution is -2.39. The van der Waals surface area contributed by atoms with E-state index in [1.807, 2.05) is 0 Å². The number of hydrogen-bond acceptors (Lipinski definition) is 6. The molecule has 7 nitrogen and oxygen atoms in total. The molecule has 0 aromatic carbocycles. The van der Waals surface area contributed by atoms with E-state index in [0.717, 1.165) is 6.20 Å². The number of nitrogens with zero attached hydrogens (tertiary/aromatic N) is 3. The maximum Gasteiger partial charge on any atom is 0.421 e. The number of halogens is 4. The molecule has 4 heterocycles. The quantitative estimate of drug-likeness (QED) is 0.531. The van der Waals surface area contributed by atoms with Gasteiger partial charge in [0, 0.05) is 25.4 Å². The average Bonchev–Trinajstić information content (AvgIpc) is 3.32. The van der Waals surface area contributed by atoms with E-state index in [4.69, 9.17) is 4.74 Å². The van der Waals surface area contributed by atoms with Gasteiger partial charge in [-0.2, -0.15) is 13.2 Å². The fourth-order valence-electron chi connectivity index (χ4n) is 3.52. The van der Waals surface area contributed by atoms with E-state index in [0.29, 0.717) is 36.3 Å². The number of aliphatic hydroxyl groups is 1. The normalized spacial score (nSPS) is 21.3. The molecule has 11 heteroatoms. The van der Waals surface area contributed by atoms with Crippen LogP contribution in [-0.4, -0.2) is 58.1 Å². The molecule has 1 saturated heterocycles. The third kappa shape index (κ3) is 3.79. The maximum atomic E-state index is 13.9. The summed E-state index contributed by atoms with van der Waals surface area (Å²) in [6.07, 6.45) is -3.37. The number of alkyl halides is 4. The van der Waals surface area contributed by atoms with E-state index in [1.165, 1.54) is 23.8 Å². The van der Waals surface area contributed by atoms with Crippen molar-refractivity contribution in [1.82, 2.24) is 19.7 Å². The van der Waals surface area contributed by atoms with Crippen molar-refractivity contribution >= 4 is 11.5 Å². The second-order valence-electron chi connectivity index (χ2n) is 7.53. The van der Waals surface area contributed by atoms with E-state index in [-0.39, 0.29) is 12.3 Å². The first-order chi connectivity index (χ1) is 14.6. The van der Waals surface area contributed by atoms with Crippen LogP contribution in [0.5, 0.6) is 5.75 Å². The van der Waals surface area contributed by atoms with Gasteiger partial charge >= 0.3 is 6.18 Å². The fraction of sp³-hybridized carbons (Fsp3) is 0.400. The summed E-state index contributed by atoms with van der Waals surface area (Å²) >= 11 is 0. The van der Waals surface area contributed by atoms with Crippen molar-refractivity contribution in [3.63, 3.8) is 0 Å². The Kier molecular flexibility index (Phi) is 5.26. The number of pyridine rings is 2. The Hall–Kier alpha value is -2.92. The van der Waals surface area contributed by atoms with Gasteiger partial charge in [0.05, 0.1) is 36.3 Å². The molecule has 0 amide bonds. The third-order valence-corrected chi connectivity index (χ3v) is 5.39. The van der Waals surface area contributed by atoms with Gasteiger partial charge in [-0.3, -0.25) is 4.40 Å². The van der Waals surface area contributed by atoms with Crippen LogP contribution in [0.25, 0.3) is 17.0 Å². The molecule has 4 rings (SSSR count). The highest BCUT2D eigenvalue weighted by atomic mass is 19.4. The second kappa shape index (κ2) is 7.65. The first kappa shape index (κ1) is 21.3. The third-order valence-electron chi connectivity index (χ3n) is 5.39. The first-order valence-corrected chi connectivity index (χ1v) is 9.55. The summed E-state index contributed by atoms with van der Waals surface area (Å²) in [4.78, 5) is 8.69. The molecule has 0 radical (unpaired) electrons. The van der Waals surface area contributed by atoms with Gasteiger partial charge in [0.2, 0.25) is 0 Å². The minimum absolute atomic E-state index is 0.141. The summed E-state index contributed by atoms with van der Waals surface area (Å²) in [5.41, 5.74) is -2.46. The smallest absolute Gasteiger partial charge is 0.421 e. The van der Waals surface area contributed by atoms with E-state index in [2.05, 4.69) is 20.6 Å². The number of nitrogens with one attached hydrogen (secondary N) is 2. The van der Waals surface area contributed by atoms with Gasteiger partial charge in [-0.1, -0.05) is 6.07 Å². The predicted molar refractivity (Wildman–Crippen MR) is 106 cm³/mol. The first-order valence-electron chi connectivity index (χ1n) is 9.55. The molecule has 0 spiro atoms. The largest absolute Gasteiger partial charge is 0.496 e. The van der Waals surface area contributed by atoms with Crippen molar-refractivity contribution in [2.75, 3.05) is 25.5 Å². The molecule has 1 aliphatic rings. The Morgan fingerprint density at radius 1 is 1.29 bits per heavy atom. The fourth-order valence-corrected chi connectivity index (χ4v) is 3.52. The number of fused-ring (bicyclic) bond motifs is 1. The number of imidazole rings is 1. The van der Waals surface area contributed by atoms with Crippen molar-refractivity contribution < 1.29 is 27.4 Å². The van der Waals surface area contributed by atoms with Gasteiger partial charge in [-0.25, -0.2) is 14.4 Å². The van der Waals surface area contributed by atoms with E-state index in [1.54, 1.807) is 18.2 Å². The lowest BCUT2D eigenvalue weighted by molar-refractivity contribution is -0.259. The molecule has 1 aliphatic heterocycles. The highest BCUT2D eigenvalue weighted by Crippen LogP contribution is 2.43. The van der Waals surface area contributed by atoms with E-state index < -0.39 is 29.6 Å². The van der Waals surface area contributed by atoms with Crippen molar-refractivity contribution in [3.05, 3.63) is 42.2 Å². The number of aromatic nitrogens is 3. The predicted octanol–water partition coefficient (Wildman–Crippen LogP) is 2.90. The van der Waals surface area contributed by atoms with Crippen molar-refractivity contribution in [3.8, 4) is 17.1 Å². The van der Waals surface area contributed by atoms with Crippen LogP contribution in [0, 0.1) is 0 Å². The monoisotopic (exact) mass is 439 g/mol. The molecule has 3 N–H and O–H groups in total. The number of rotatable bonds is 5. The highest BCUT2D eigenvalue weighted by Gasteiger charge is 2.53. The number of ether oxygens (including phenoxy) is 1. The molecule has 0 bridgehead atoms. The highest BCUT2D eigenvalue weighted by molar-refractivity contribution is 5.64. The van der Waals surface area contributed by atoms with Crippen LogP contribution >= 0.6 is 0 Å². The van der Waals surface area contributed by atoms with Crippen LogP contribution in [0.2, 0.25) is 0 Å². The Bertz CT molecular complexity index is 1100. The van der Waals surface area contributed by atoms with Gasteiger partial charge in [-0.15, -0.1) is 0 Å². The Balaban J connectivity index is 1.77. The second-order valence-corrected chi connectivity index (χ2v) is 7.53. The topological polar surface area (TPSA) is 83.7 Å². The van der Waals surface area contributed by atoms with Crippen LogP contribution < -0.4 is 15.4 Å². The molecule has 166 valence electrons. The van der Waals surface area contributed by atoms with Gasteiger partial charge in [0.15, 0.2) is 5.60 Å². The van der Waals surface area contributed by atoms with Crippen LogP contribution in [0.4, 0.5) is 23.4 Å². The molecule has 1 fully saturated rings. The molecule has 3 atom stereocenters. The zero-order chi connectivity index (χ0) is 22.4. The van der Waals surface area contributed by atoms with Gasteiger partial charge in [0.1, 0.15) is 23.4 Å². The Morgan fingerprint density at radius 2 is 2.06 bits per heavy atom. The zero-order valence-electron chi connectivity index (χ0n) is 16.7. The molecule has 3 aromatic rings. The number of methoxy groups -OCH3 is 1. The minimum atomic E-state index is -4.92. The van der Waals surface area contributed by atoms with Gasteiger partial charge in [0.25, 0.3) is 0 Å². The van der Waals surface area contributed by atoms with Crippen molar-refractivity contribution in [1.29, 1.82) is 0 Å². The van der Waals surface area contributed by atoms with Gasteiger partial charge in [-0.05, 0) is 19.1 Å². The summed E-state index contributed by atoms with van der Waals surface area (Å²) in [6.45, 7) is 1.38. The SMILES string of the molecule is COc1cc2ncc(-c3cccc(N[C@H]4CNC[C@@H]4F)n3)n2cc1C(C)(O)C(F)(F)F. The molecule has 0 saturated carbocycles. The van der Waals surface area contributed by atoms with Crippen LogP contribution in [0.15, 0.2) is 36.7 Å².